The van der Waals surface area contributed by atoms with Gasteiger partial charge in [0.15, 0.2) is 5.16 Å². The second-order valence-electron chi connectivity index (χ2n) is 3.77. The molecule has 1 aromatic carbocycles. The molecule has 1 heterocycles. The summed E-state index contributed by atoms with van der Waals surface area (Å²) in [6.07, 6.45) is 0. The Bertz CT molecular complexity index is 611. The van der Waals surface area contributed by atoms with Crippen molar-refractivity contribution in [2.75, 3.05) is 0 Å². The standard InChI is InChI=1S/C12H12N4OS/c1-9(7-13)18-12-15-14-11(17)16(12)8-10-5-3-2-4-6-10/h2-6,9H,8H2,1H3,(H,14,17). The Hall–Kier alpha value is -2.00. The van der Waals surface area contributed by atoms with Crippen molar-refractivity contribution in [3.05, 3.63) is 46.4 Å². The van der Waals surface area contributed by atoms with Gasteiger partial charge in [-0.1, -0.05) is 42.1 Å². The van der Waals surface area contributed by atoms with Crippen LogP contribution in [0.1, 0.15) is 12.5 Å². The molecule has 6 heteroatoms. The van der Waals surface area contributed by atoms with Crippen molar-refractivity contribution in [1.29, 1.82) is 5.26 Å². The number of nitrogens with one attached hydrogen (secondary N) is 1. The molecule has 0 aliphatic rings. The first-order chi connectivity index (χ1) is 8.70. The number of hydrogen-bond acceptors (Lipinski definition) is 4. The van der Waals surface area contributed by atoms with Crippen molar-refractivity contribution >= 4 is 11.8 Å². The predicted molar refractivity (Wildman–Crippen MR) is 69.3 cm³/mol. The molecule has 0 fully saturated rings. The third kappa shape index (κ3) is 2.81. The summed E-state index contributed by atoms with van der Waals surface area (Å²) in [5, 5.41) is 15.4. The summed E-state index contributed by atoms with van der Waals surface area (Å²) in [7, 11) is 0. The van der Waals surface area contributed by atoms with Crippen LogP contribution in [0.4, 0.5) is 0 Å². The van der Waals surface area contributed by atoms with Gasteiger partial charge in [0, 0.05) is 0 Å². The van der Waals surface area contributed by atoms with E-state index in [1.807, 2.05) is 30.3 Å². The molecule has 0 aliphatic heterocycles. The van der Waals surface area contributed by atoms with Gasteiger partial charge in [0.1, 0.15) is 0 Å². The molecule has 0 amide bonds. The largest absolute Gasteiger partial charge is 0.344 e. The number of hydrogen-bond donors (Lipinski definition) is 1. The lowest BCUT2D eigenvalue weighted by Crippen LogP contribution is -2.18. The van der Waals surface area contributed by atoms with Crippen molar-refractivity contribution in [1.82, 2.24) is 14.8 Å². The Morgan fingerprint density at radius 3 is 2.89 bits per heavy atom. The molecule has 1 atom stereocenters. The van der Waals surface area contributed by atoms with Gasteiger partial charge in [0.25, 0.3) is 0 Å². The Morgan fingerprint density at radius 1 is 1.50 bits per heavy atom. The fourth-order valence-electron chi connectivity index (χ4n) is 1.48. The third-order valence-electron chi connectivity index (χ3n) is 2.37. The van der Waals surface area contributed by atoms with Crippen LogP contribution < -0.4 is 5.69 Å². The Balaban J connectivity index is 2.25. The number of nitrogens with zero attached hydrogens (tertiary/aromatic N) is 3. The van der Waals surface area contributed by atoms with Gasteiger partial charge in [-0.3, -0.25) is 4.57 Å². The minimum atomic E-state index is -0.258. The lowest BCUT2D eigenvalue weighted by atomic mass is 10.2. The van der Waals surface area contributed by atoms with Crippen molar-refractivity contribution in [2.45, 2.75) is 23.9 Å². The topological polar surface area (TPSA) is 74.5 Å². The first-order valence-corrected chi connectivity index (χ1v) is 6.34. The molecular weight excluding hydrogens is 248 g/mol. The monoisotopic (exact) mass is 260 g/mol. The van der Waals surface area contributed by atoms with E-state index in [1.54, 1.807) is 6.92 Å². The van der Waals surface area contributed by atoms with Crippen molar-refractivity contribution < 1.29 is 0 Å². The zero-order valence-corrected chi connectivity index (χ0v) is 10.6. The number of nitriles is 1. The van der Waals surface area contributed by atoms with Gasteiger partial charge < -0.3 is 0 Å². The number of benzene rings is 1. The van der Waals surface area contributed by atoms with E-state index in [2.05, 4.69) is 16.3 Å². The smallest absolute Gasteiger partial charge is 0.266 e. The molecule has 0 saturated carbocycles. The molecule has 0 bridgehead atoms. The summed E-state index contributed by atoms with van der Waals surface area (Å²) in [6, 6.07) is 11.8. The van der Waals surface area contributed by atoms with Crippen LogP contribution in [0.3, 0.4) is 0 Å². The van der Waals surface area contributed by atoms with Crippen LogP contribution in [-0.4, -0.2) is 20.0 Å². The van der Waals surface area contributed by atoms with E-state index in [4.69, 9.17) is 5.26 Å². The van der Waals surface area contributed by atoms with E-state index < -0.39 is 0 Å². The molecule has 0 spiro atoms. The third-order valence-corrected chi connectivity index (χ3v) is 3.35. The second kappa shape index (κ2) is 5.56. The van der Waals surface area contributed by atoms with Crippen molar-refractivity contribution in [2.24, 2.45) is 0 Å². The minimum absolute atomic E-state index is 0.241. The zero-order valence-electron chi connectivity index (χ0n) is 9.83. The minimum Gasteiger partial charge on any atom is -0.266 e. The summed E-state index contributed by atoms with van der Waals surface area (Å²) in [6.45, 7) is 2.23. The summed E-state index contributed by atoms with van der Waals surface area (Å²) in [4.78, 5) is 11.7. The highest BCUT2D eigenvalue weighted by molar-refractivity contribution is 8.00. The summed E-state index contributed by atoms with van der Waals surface area (Å²) >= 11 is 1.27. The fourth-order valence-corrected chi connectivity index (χ4v) is 2.23. The summed E-state index contributed by atoms with van der Waals surface area (Å²) in [5.41, 5.74) is 0.763. The Labute approximate surface area is 108 Å². The lowest BCUT2D eigenvalue weighted by molar-refractivity contribution is 0.686. The average Bonchev–Trinajstić information content (AvgIpc) is 2.72. The normalized spacial score (nSPS) is 12.0. The summed E-state index contributed by atoms with van der Waals surface area (Å²) in [5.74, 6) is 0. The van der Waals surface area contributed by atoms with Crippen LogP contribution >= 0.6 is 11.8 Å². The first kappa shape index (κ1) is 12.5. The van der Waals surface area contributed by atoms with E-state index >= 15 is 0 Å². The highest BCUT2D eigenvalue weighted by atomic mass is 32.2. The van der Waals surface area contributed by atoms with Crippen LogP contribution in [0.25, 0.3) is 0 Å². The van der Waals surface area contributed by atoms with Crippen molar-refractivity contribution in [3.63, 3.8) is 0 Å². The Kier molecular flexibility index (Phi) is 3.85. The number of aromatic nitrogens is 3. The van der Waals surface area contributed by atoms with E-state index in [1.165, 1.54) is 16.3 Å². The van der Waals surface area contributed by atoms with E-state index in [-0.39, 0.29) is 10.9 Å². The van der Waals surface area contributed by atoms with Crippen molar-refractivity contribution in [3.8, 4) is 6.07 Å². The van der Waals surface area contributed by atoms with E-state index in [9.17, 15) is 4.79 Å². The van der Waals surface area contributed by atoms with Crippen LogP contribution in [0.5, 0.6) is 0 Å². The van der Waals surface area contributed by atoms with Crippen LogP contribution in [0.15, 0.2) is 40.3 Å². The molecular formula is C12H12N4OS. The number of aromatic amines is 1. The van der Waals surface area contributed by atoms with Crippen LogP contribution in [0, 0.1) is 11.3 Å². The molecule has 1 aromatic heterocycles. The molecule has 0 saturated heterocycles. The SMILES string of the molecule is CC(C#N)Sc1n[nH]c(=O)n1Cc1ccccc1. The number of rotatable bonds is 4. The molecule has 0 radical (unpaired) electrons. The fraction of sp³-hybridized carbons (Fsp3) is 0.250. The van der Waals surface area contributed by atoms with E-state index in [0.29, 0.717) is 11.7 Å². The van der Waals surface area contributed by atoms with Crippen LogP contribution in [-0.2, 0) is 6.54 Å². The molecule has 2 aromatic rings. The highest BCUT2D eigenvalue weighted by Crippen LogP contribution is 2.19. The number of H-pyrrole nitrogens is 1. The molecule has 2 rings (SSSR count). The lowest BCUT2D eigenvalue weighted by Gasteiger charge is -2.06. The maximum absolute atomic E-state index is 11.7. The molecule has 92 valence electrons. The molecule has 0 aliphatic carbocycles. The molecule has 18 heavy (non-hydrogen) atoms. The maximum Gasteiger partial charge on any atom is 0.344 e. The quantitative estimate of drug-likeness (QED) is 0.848. The van der Waals surface area contributed by atoms with Gasteiger partial charge >= 0.3 is 5.69 Å². The zero-order chi connectivity index (χ0) is 13.0. The van der Waals surface area contributed by atoms with E-state index in [0.717, 1.165) is 5.56 Å². The Morgan fingerprint density at radius 2 is 2.22 bits per heavy atom. The number of thioether (sulfide) groups is 1. The van der Waals surface area contributed by atoms with Gasteiger partial charge in [-0.05, 0) is 12.5 Å². The van der Waals surface area contributed by atoms with Gasteiger partial charge in [0.2, 0.25) is 0 Å². The van der Waals surface area contributed by atoms with Gasteiger partial charge in [-0.2, -0.15) is 5.26 Å². The second-order valence-corrected chi connectivity index (χ2v) is 5.08. The van der Waals surface area contributed by atoms with Gasteiger partial charge in [-0.15, -0.1) is 5.10 Å². The maximum atomic E-state index is 11.7. The molecule has 5 nitrogen and oxygen atoms in total. The summed E-state index contributed by atoms with van der Waals surface area (Å²) < 4.78 is 1.54. The molecule has 1 N–H and O–H groups in total. The predicted octanol–water partition coefficient (Wildman–Crippen LogP) is 1.62. The molecule has 1 unspecified atom stereocenters. The highest BCUT2D eigenvalue weighted by Gasteiger charge is 2.12. The van der Waals surface area contributed by atoms with Gasteiger partial charge in [-0.25, -0.2) is 9.89 Å². The average molecular weight is 260 g/mol. The van der Waals surface area contributed by atoms with Crippen LogP contribution in [0.2, 0.25) is 0 Å². The first-order valence-electron chi connectivity index (χ1n) is 5.46. The van der Waals surface area contributed by atoms with Gasteiger partial charge in [0.05, 0.1) is 17.9 Å².